The van der Waals surface area contributed by atoms with Crippen molar-refractivity contribution < 1.29 is 5.11 Å². The van der Waals surface area contributed by atoms with Crippen molar-refractivity contribution in [3.63, 3.8) is 0 Å². The molecule has 0 spiro atoms. The number of rotatable bonds is 4. The van der Waals surface area contributed by atoms with E-state index in [0.29, 0.717) is 13.1 Å². The van der Waals surface area contributed by atoms with E-state index < -0.39 is 6.10 Å². The fourth-order valence-corrected chi connectivity index (χ4v) is 5.75. The van der Waals surface area contributed by atoms with Crippen molar-refractivity contribution in [2.45, 2.75) is 22.4 Å². The summed E-state index contributed by atoms with van der Waals surface area (Å²) in [5.41, 5.74) is 4.65. The molecule has 0 saturated heterocycles. The second-order valence-corrected chi connectivity index (χ2v) is 9.03. The molecule has 31 heavy (non-hydrogen) atoms. The normalized spacial score (nSPS) is 13.9. The Kier molecular flexibility index (Phi) is 4.48. The lowest BCUT2D eigenvalue weighted by Gasteiger charge is -2.34. The van der Waals surface area contributed by atoms with E-state index in [1.54, 1.807) is 11.8 Å². The molecule has 1 unspecified atom stereocenters. The first-order valence-corrected chi connectivity index (χ1v) is 11.4. The summed E-state index contributed by atoms with van der Waals surface area (Å²) in [6, 6.07) is 33.8. The summed E-state index contributed by atoms with van der Waals surface area (Å²) < 4.78 is 2.26. The molecule has 1 atom stereocenters. The van der Waals surface area contributed by atoms with Gasteiger partial charge >= 0.3 is 0 Å². The van der Waals surface area contributed by atoms with Crippen LogP contribution >= 0.6 is 11.8 Å². The zero-order valence-electron chi connectivity index (χ0n) is 17.0. The fraction of sp³-hybridized carbons (Fsp3) is 0.111. The molecule has 0 fully saturated rings. The fourth-order valence-electron chi connectivity index (χ4n) is 4.66. The number of anilines is 2. The maximum Gasteiger partial charge on any atom is 0.0898 e. The molecule has 0 bridgehead atoms. The molecule has 0 amide bonds. The number of aromatic nitrogens is 1. The number of hydrogen-bond donors (Lipinski definition) is 1. The van der Waals surface area contributed by atoms with Crippen LogP contribution in [0.3, 0.4) is 0 Å². The van der Waals surface area contributed by atoms with Gasteiger partial charge in [-0.1, -0.05) is 72.4 Å². The van der Waals surface area contributed by atoms with Crippen molar-refractivity contribution in [3.8, 4) is 0 Å². The number of fused-ring (bicyclic) bond motifs is 5. The topological polar surface area (TPSA) is 28.4 Å². The minimum atomic E-state index is -0.525. The van der Waals surface area contributed by atoms with Gasteiger partial charge in [0, 0.05) is 31.6 Å². The zero-order chi connectivity index (χ0) is 20.8. The van der Waals surface area contributed by atoms with Crippen LogP contribution in [0.2, 0.25) is 0 Å². The second-order valence-electron chi connectivity index (χ2n) is 7.95. The van der Waals surface area contributed by atoms with Gasteiger partial charge < -0.3 is 14.6 Å². The quantitative estimate of drug-likeness (QED) is 0.360. The number of benzene rings is 4. The molecule has 1 N–H and O–H groups in total. The number of aliphatic hydroxyl groups is 1. The molecule has 4 heteroatoms. The largest absolute Gasteiger partial charge is 0.389 e. The lowest BCUT2D eigenvalue weighted by atomic mass is 10.2. The highest BCUT2D eigenvalue weighted by Crippen LogP contribution is 2.47. The standard InChI is InChI=1S/C27H22N2OS/c30-19(17-28-22-11-3-1-9-20(22)21-10-2-4-12-23(21)28)18-29-24-13-5-7-15-26(24)31-27-16-8-6-14-25(27)29/h1-16,19,30H,17-18H2. The summed E-state index contributed by atoms with van der Waals surface area (Å²) in [5.74, 6) is 0. The maximum atomic E-state index is 11.3. The van der Waals surface area contributed by atoms with Crippen molar-refractivity contribution in [1.29, 1.82) is 0 Å². The van der Waals surface area contributed by atoms with Gasteiger partial charge in [-0.25, -0.2) is 0 Å². The van der Waals surface area contributed by atoms with Crippen LogP contribution in [0.4, 0.5) is 11.4 Å². The number of para-hydroxylation sites is 4. The molecule has 0 saturated carbocycles. The summed E-state index contributed by atoms with van der Waals surface area (Å²) in [7, 11) is 0. The third kappa shape index (κ3) is 3.11. The predicted octanol–water partition coefficient (Wildman–Crippen LogP) is 6.46. The molecule has 4 aromatic carbocycles. The van der Waals surface area contributed by atoms with Crippen molar-refractivity contribution in [2.24, 2.45) is 0 Å². The molecule has 152 valence electrons. The Bertz CT molecular complexity index is 1310. The van der Waals surface area contributed by atoms with Crippen LogP contribution in [0.1, 0.15) is 0 Å². The molecule has 0 aliphatic carbocycles. The molecule has 3 nitrogen and oxygen atoms in total. The van der Waals surface area contributed by atoms with Crippen LogP contribution < -0.4 is 4.90 Å². The smallest absolute Gasteiger partial charge is 0.0898 e. The van der Waals surface area contributed by atoms with Crippen molar-refractivity contribution >= 4 is 44.9 Å². The van der Waals surface area contributed by atoms with Crippen LogP contribution in [0.15, 0.2) is 107 Å². The first kappa shape index (κ1) is 18.6. The molecule has 1 aromatic heterocycles. The van der Waals surface area contributed by atoms with Crippen LogP contribution in [-0.4, -0.2) is 22.3 Å². The van der Waals surface area contributed by atoms with E-state index in [9.17, 15) is 5.11 Å². The molecule has 0 radical (unpaired) electrons. The zero-order valence-corrected chi connectivity index (χ0v) is 17.8. The Morgan fingerprint density at radius 2 is 1.10 bits per heavy atom. The lowest BCUT2D eigenvalue weighted by molar-refractivity contribution is 0.164. The molecular formula is C27H22N2OS. The van der Waals surface area contributed by atoms with Crippen molar-refractivity contribution in [1.82, 2.24) is 4.57 Å². The summed E-state index contributed by atoms with van der Waals surface area (Å²) in [6.07, 6.45) is -0.525. The summed E-state index contributed by atoms with van der Waals surface area (Å²) in [4.78, 5) is 4.72. The van der Waals surface area contributed by atoms with E-state index in [-0.39, 0.29) is 0 Å². The summed E-state index contributed by atoms with van der Waals surface area (Å²) in [5, 5.41) is 13.7. The lowest BCUT2D eigenvalue weighted by Crippen LogP contribution is -2.33. The predicted molar refractivity (Wildman–Crippen MR) is 129 cm³/mol. The van der Waals surface area contributed by atoms with Gasteiger partial charge in [0.2, 0.25) is 0 Å². The van der Waals surface area contributed by atoms with E-state index in [1.165, 1.54) is 20.6 Å². The number of nitrogens with zero attached hydrogens (tertiary/aromatic N) is 2. The SMILES string of the molecule is OC(CN1c2ccccc2Sc2ccccc21)Cn1c2ccccc2c2ccccc21. The van der Waals surface area contributed by atoms with E-state index in [1.807, 2.05) is 0 Å². The Labute approximate surface area is 185 Å². The van der Waals surface area contributed by atoms with Gasteiger partial charge in [-0.15, -0.1) is 0 Å². The molecular weight excluding hydrogens is 400 g/mol. The third-order valence-corrected chi connectivity index (χ3v) is 7.13. The monoisotopic (exact) mass is 422 g/mol. The minimum Gasteiger partial charge on any atom is -0.389 e. The second kappa shape index (κ2) is 7.49. The highest BCUT2D eigenvalue weighted by Gasteiger charge is 2.25. The molecule has 5 aromatic rings. The highest BCUT2D eigenvalue weighted by molar-refractivity contribution is 7.99. The molecule has 1 aliphatic heterocycles. The van der Waals surface area contributed by atoms with Gasteiger partial charge in [-0.2, -0.15) is 0 Å². The van der Waals surface area contributed by atoms with E-state index in [4.69, 9.17) is 0 Å². The Hall–Kier alpha value is -3.21. The Morgan fingerprint density at radius 1 is 0.613 bits per heavy atom. The summed E-state index contributed by atoms with van der Waals surface area (Å²) >= 11 is 1.79. The van der Waals surface area contributed by atoms with E-state index >= 15 is 0 Å². The number of β-amino-alcohol motifs (C(OH)–C–C–N with tert-alkyl or cyclic N) is 1. The summed E-state index contributed by atoms with van der Waals surface area (Å²) in [6.45, 7) is 1.08. The van der Waals surface area contributed by atoms with Crippen molar-refractivity contribution in [2.75, 3.05) is 11.4 Å². The highest BCUT2D eigenvalue weighted by atomic mass is 32.2. The number of aliphatic hydroxyl groups excluding tert-OH is 1. The molecule has 2 heterocycles. The van der Waals surface area contributed by atoms with Crippen LogP contribution in [0.25, 0.3) is 21.8 Å². The Morgan fingerprint density at radius 3 is 1.68 bits per heavy atom. The first-order valence-electron chi connectivity index (χ1n) is 10.6. The van der Waals surface area contributed by atoms with Crippen molar-refractivity contribution in [3.05, 3.63) is 97.1 Å². The van der Waals surface area contributed by atoms with E-state index in [0.717, 1.165) is 22.4 Å². The van der Waals surface area contributed by atoms with Gasteiger partial charge in [-0.05, 0) is 36.4 Å². The van der Waals surface area contributed by atoms with Crippen LogP contribution in [0.5, 0.6) is 0 Å². The number of hydrogen-bond acceptors (Lipinski definition) is 3. The van der Waals surface area contributed by atoms with Crippen LogP contribution in [-0.2, 0) is 6.54 Å². The third-order valence-electron chi connectivity index (χ3n) is 6.00. The van der Waals surface area contributed by atoms with E-state index in [2.05, 4.69) is 107 Å². The van der Waals surface area contributed by atoms with Gasteiger partial charge in [-0.3, -0.25) is 0 Å². The average molecular weight is 423 g/mol. The Balaban J connectivity index is 1.38. The first-order chi connectivity index (χ1) is 15.3. The van der Waals surface area contributed by atoms with Gasteiger partial charge in [0.05, 0.1) is 30.6 Å². The maximum absolute atomic E-state index is 11.3. The average Bonchev–Trinajstić information content (AvgIpc) is 3.13. The molecule has 1 aliphatic rings. The van der Waals surface area contributed by atoms with Gasteiger partial charge in [0.1, 0.15) is 0 Å². The van der Waals surface area contributed by atoms with Gasteiger partial charge in [0.25, 0.3) is 0 Å². The molecule has 6 rings (SSSR count). The van der Waals surface area contributed by atoms with Crippen LogP contribution in [0, 0.1) is 0 Å². The minimum absolute atomic E-state index is 0.525. The van der Waals surface area contributed by atoms with Gasteiger partial charge in [0.15, 0.2) is 0 Å².